The minimum Gasteiger partial charge on any atom is -0.497 e. The van der Waals surface area contributed by atoms with Gasteiger partial charge in [0.25, 0.3) is 0 Å². The maximum absolute atomic E-state index is 14.9. The third-order valence-corrected chi connectivity index (χ3v) is 9.18. The van der Waals surface area contributed by atoms with Gasteiger partial charge in [-0.05, 0) is 78.7 Å². The van der Waals surface area contributed by atoms with E-state index >= 15 is 0 Å². The first-order valence-corrected chi connectivity index (χ1v) is 14.2. The maximum atomic E-state index is 14.9. The van der Waals surface area contributed by atoms with Crippen LogP contribution in [-0.2, 0) is 10.2 Å². The van der Waals surface area contributed by atoms with Gasteiger partial charge in [-0.15, -0.1) is 0 Å². The zero-order chi connectivity index (χ0) is 29.9. The molecule has 7 nitrogen and oxygen atoms in total. The highest BCUT2D eigenvalue weighted by Crippen LogP contribution is 2.58. The number of rotatable bonds is 6. The largest absolute Gasteiger partial charge is 0.497 e. The van der Waals surface area contributed by atoms with E-state index in [9.17, 15) is 14.4 Å². The number of amides is 1. The number of ketones is 2. The molecule has 4 aromatic carbocycles. The summed E-state index contributed by atoms with van der Waals surface area (Å²) in [7, 11) is 3.14. The number of nitrogens with zero attached hydrogens (tertiary/aromatic N) is 1. The van der Waals surface area contributed by atoms with Crippen molar-refractivity contribution in [3.8, 4) is 11.5 Å². The molecule has 1 fully saturated rings. The van der Waals surface area contributed by atoms with Crippen LogP contribution >= 0.6 is 0 Å². The number of anilines is 2. The van der Waals surface area contributed by atoms with E-state index in [1.807, 2.05) is 60.4 Å². The van der Waals surface area contributed by atoms with Gasteiger partial charge in [0.2, 0.25) is 5.91 Å². The smallest absolute Gasteiger partial charge is 0.238 e. The van der Waals surface area contributed by atoms with Crippen LogP contribution in [0.15, 0.2) is 103 Å². The minimum absolute atomic E-state index is 0.240. The Hall–Kier alpha value is -5.17. The van der Waals surface area contributed by atoms with Crippen molar-refractivity contribution in [1.82, 2.24) is 0 Å². The van der Waals surface area contributed by atoms with Crippen LogP contribution in [0.25, 0.3) is 5.57 Å². The minimum atomic E-state index is -1.37. The van der Waals surface area contributed by atoms with Crippen molar-refractivity contribution in [2.75, 3.05) is 24.4 Å². The number of Topliss-reactive ketones (excluding diaryl/α,β-unsaturated/α-hetero) is 2. The van der Waals surface area contributed by atoms with E-state index in [1.54, 1.807) is 62.8 Å². The number of allylic oxidation sites excluding steroid dienone is 1. The standard InChI is InChI=1S/C36H30N2O5/c1-21-20-30-36(27-9-5-6-10-28(27)37-35(36)41)31(33(39)22-12-16-24(42-2)17-13-22)32(38(30)29-11-7-4-8-26(21)29)34(40)23-14-18-25(43-3)19-15-23/h4-20,30-32H,1-3H3,(H,37,41)/t30-,31-,32-,36-/m0/s1. The molecule has 3 aliphatic rings. The lowest BCUT2D eigenvalue weighted by Gasteiger charge is -2.39. The first-order chi connectivity index (χ1) is 20.9. The van der Waals surface area contributed by atoms with E-state index < -0.39 is 23.4 Å². The number of ether oxygens (including phenoxy) is 2. The summed E-state index contributed by atoms with van der Waals surface area (Å²) in [6.45, 7) is 2.02. The average Bonchev–Trinajstić information content (AvgIpc) is 3.52. The molecule has 0 bridgehead atoms. The zero-order valence-corrected chi connectivity index (χ0v) is 24.0. The molecule has 7 rings (SSSR count). The Morgan fingerprint density at radius 2 is 1.35 bits per heavy atom. The fourth-order valence-electron chi connectivity index (χ4n) is 7.25. The molecular weight excluding hydrogens is 540 g/mol. The number of nitrogens with one attached hydrogen (secondary N) is 1. The number of benzene rings is 4. The topological polar surface area (TPSA) is 84.9 Å². The molecule has 0 radical (unpaired) electrons. The monoisotopic (exact) mass is 570 g/mol. The number of para-hydroxylation sites is 2. The molecule has 1 spiro atoms. The molecule has 4 atom stereocenters. The Labute approximate surface area is 249 Å². The molecule has 1 saturated heterocycles. The number of carbonyl (C=O) groups excluding carboxylic acids is 3. The summed E-state index contributed by atoms with van der Waals surface area (Å²) in [5, 5.41) is 3.08. The zero-order valence-electron chi connectivity index (χ0n) is 24.0. The van der Waals surface area contributed by atoms with Crippen molar-refractivity contribution >= 4 is 34.4 Å². The van der Waals surface area contributed by atoms with Gasteiger partial charge in [-0.25, -0.2) is 0 Å². The molecule has 0 saturated carbocycles. The number of hydrogen-bond donors (Lipinski definition) is 1. The van der Waals surface area contributed by atoms with Crippen LogP contribution < -0.4 is 19.7 Å². The summed E-state index contributed by atoms with van der Waals surface area (Å²) in [5.74, 6) is -0.620. The van der Waals surface area contributed by atoms with Crippen molar-refractivity contribution in [2.24, 2.45) is 5.92 Å². The predicted molar refractivity (Wildman–Crippen MR) is 165 cm³/mol. The highest BCUT2D eigenvalue weighted by molar-refractivity contribution is 6.18. The second kappa shape index (κ2) is 9.98. The third kappa shape index (κ3) is 3.77. The summed E-state index contributed by atoms with van der Waals surface area (Å²) in [5.41, 5.74) is 3.62. The van der Waals surface area contributed by atoms with Crippen LogP contribution in [0.3, 0.4) is 0 Å². The lowest BCUT2D eigenvalue weighted by atomic mass is 9.64. The van der Waals surface area contributed by atoms with E-state index in [-0.39, 0.29) is 17.5 Å². The molecule has 43 heavy (non-hydrogen) atoms. The molecule has 7 heteroatoms. The van der Waals surface area contributed by atoms with Crippen LogP contribution in [0, 0.1) is 5.92 Å². The lowest BCUT2D eigenvalue weighted by molar-refractivity contribution is -0.121. The van der Waals surface area contributed by atoms with Gasteiger partial charge in [-0.2, -0.15) is 0 Å². The van der Waals surface area contributed by atoms with Gasteiger partial charge in [0, 0.05) is 28.1 Å². The fraction of sp³-hybridized carbons (Fsp3) is 0.194. The Bertz CT molecular complexity index is 1810. The molecule has 0 aromatic heterocycles. The number of fused-ring (bicyclic) bond motifs is 6. The van der Waals surface area contributed by atoms with E-state index in [2.05, 4.69) is 11.4 Å². The lowest BCUT2D eigenvalue weighted by Crippen LogP contribution is -2.51. The van der Waals surface area contributed by atoms with E-state index in [0.717, 1.165) is 22.4 Å². The molecular formula is C36H30N2O5. The van der Waals surface area contributed by atoms with Crippen molar-refractivity contribution in [1.29, 1.82) is 0 Å². The van der Waals surface area contributed by atoms with Crippen LogP contribution in [0.2, 0.25) is 0 Å². The second-order valence-electron chi connectivity index (χ2n) is 11.2. The molecule has 0 unspecified atom stereocenters. The van der Waals surface area contributed by atoms with E-state index in [4.69, 9.17) is 9.47 Å². The summed E-state index contributed by atoms with van der Waals surface area (Å²) < 4.78 is 10.7. The summed E-state index contributed by atoms with van der Waals surface area (Å²) in [4.78, 5) is 46.2. The summed E-state index contributed by atoms with van der Waals surface area (Å²) in [6.07, 6.45) is 2.06. The molecule has 4 aromatic rings. The van der Waals surface area contributed by atoms with Gasteiger partial charge in [-0.3, -0.25) is 14.4 Å². The van der Waals surface area contributed by atoms with Crippen LogP contribution in [0.5, 0.6) is 11.5 Å². The molecule has 0 aliphatic carbocycles. The Balaban J connectivity index is 1.52. The molecule has 3 aliphatic heterocycles. The second-order valence-corrected chi connectivity index (χ2v) is 11.2. The Morgan fingerprint density at radius 3 is 2.00 bits per heavy atom. The van der Waals surface area contributed by atoms with Crippen molar-refractivity contribution < 1.29 is 23.9 Å². The van der Waals surface area contributed by atoms with E-state index in [0.29, 0.717) is 28.3 Å². The van der Waals surface area contributed by atoms with Gasteiger partial charge >= 0.3 is 0 Å². The van der Waals surface area contributed by atoms with Gasteiger partial charge in [0.15, 0.2) is 11.6 Å². The number of methoxy groups -OCH3 is 2. The third-order valence-electron chi connectivity index (χ3n) is 9.18. The average molecular weight is 571 g/mol. The van der Waals surface area contributed by atoms with Gasteiger partial charge in [0.1, 0.15) is 23.0 Å². The first-order valence-electron chi connectivity index (χ1n) is 14.2. The maximum Gasteiger partial charge on any atom is 0.238 e. The highest BCUT2D eigenvalue weighted by Gasteiger charge is 2.70. The predicted octanol–water partition coefficient (Wildman–Crippen LogP) is 5.95. The summed E-state index contributed by atoms with van der Waals surface area (Å²) >= 11 is 0. The van der Waals surface area contributed by atoms with Crippen LogP contribution in [0.1, 0.15) is 38.8 Å². The highest BCUT2D eigenvalue weighted by atomic mass is 16.5. The van der Waals surface area contributed by atoms with E-state index in [1.165, 1.54) is 0 Å². The molecule has 3 heterocycles. The Kier molecular flexibility index (Phi) is 6.20. The van der Waals surface area contributed by atoms with Crippen molar-refractivity contribution in [3.05, 3.63) is 125 Å². The normalized spacial score (nSPS) is 23.1. The molecule has 1 N–H and O–H groups in total. The van der Waals surface area contributed by atoms with Crippen molar-refractivity contribution in [3.63, 3.8) is 0 Å². The van der Waals surface area contributed by atoms with Crippen LogP contribution in [0.4, 0.5) is 11.4 Å². The number of carbonyl (C=O) groups is 3. The first kappa shape index (κ1) is 26.7. The number of hydrogen-bond acceptors (Lipinski definition) is 6. The Morgan fingerprint density at radius 1 is 0.767 bits per heavy atom. The molecule has 214 valence electrons. The molecule has 1 amide bonds. The van der Waals surface area contributed by atoms with Gasteiger partial charge in [-0.1, -0.05) is 42.5 Å². The quantitative estimate of drug-likeness (QED) is 0.289. The SMILES string of the molecule is COc1ccc(C(=O)[C@@H]2[C@@H](C(=O)c3ccc(OC)cc3)[C@@]3(C(=O)Nc4ccccc43)[C@@H]3C=C(C)c4ccccc4N23)cc1. The van der Waals surface area contributed by atoms with Crippen molar-refractivity contribution in [2.45, 2.75) is 24.4 Å². The fourth-order valence-corrected chi connectivity index (χ4v) is 7.25. The summed E-state index contributed by atoms with van der Waals surface area (Å²) in [6, 6.07) is 27.6. The van der Waals surface area contributed by atoms with Crippen LogP contribution in [-0.4, -0.2) is 43.8 Å². The van der Waals surface area contributed by atoms with Gasteiger partial charge < -0.3 is 19.7 Å². The van der Waals surface area contributed by atoms with Gasteiger partial charge in [0.05, 0.1) is 26.2 Å².